The number of hydrogen-bond donors (Lipinski definition) is 0. The highest BCUT2D eigenvalue weighted by atomic mass is 19.4. The van der Waals surface area contributed by atoms with E-state index in [4.69, 9.17) is 4.74 Å². The fraction of sp³-hybridized carbons (Fsp3) is 0.414. The molecule has 2 saturated heterocycles. The number of amides is 1. The molecule has 1 aromatic heterocycles. The van der Waals surface area contributed by atoms with Crippen molar-refractivity contribution in [3.05, 3.63) is 81.5 Å². The van der Waals surface area contributed by atoms with Crippen LogP contribution in [-0.2, 0) is 6.18 Å². The molecule has 2 aromatic carbocycles. The fourth-order valence-electron chi connectivity index (χ4n) is 5.43. The summed E-state index contributed by atoms with van der Waals surface area (Å²) in [7, 11) is 0. The summed E-state index contributed by atoms with van der Waals surface area (Å²) in [6.45, 7) is 7.14. The van der Waals surface area contributed by atoms with Crippen LogP contribution in [0.5, 0.6) is 11.6 Å². The molecule has 2 aliphatic heterocycles. The smallest absolute Gasteiger partial charge is 0.435 e. The third-order valence-electron chi connectivity index (χ3n) is 7.87. The fourth-order valence-corrected chi connectivity index (χ4v) is 5.43. The Morgan fingerprint density at radius 1 is 0.976 bits per heavy atom. The molecule has 0 atom stereocenters. The molecule has 5 rings (SSSR count). The number of ether oxygens (including phenoxy) is 1. The molecule has 10 nitrogen and oxygen atoms in total. The molecule has 0 aliphatic carbocycles. The van der Waals surface area contributed by atoms with Crippen LogP contribution in [0.4, 0.5) is 24.5 Å². The number of anilines is 1. The van der Waals surface area contributed by atoms with E-state index in [0.717, 1.165) is 50.2 Å². The molecule has 0 spiro atoms. The lowest BCUT2D eigenvalue weighted by Crippen LogP contribution is -2.46. The van der Waals surface area contributed by atoms with Gasteiger partial charge >= 0.3 is 6.18 Å². The molecular formula is C29H31F3N6O4. The van der Waals surface area contributed by atoms with E-state index in [1.165, 1.54) is 6.07 Å². The van der Waals surface area contributed by atoms with Gasteiger partial charge in [-0.2, -0.15) is 13.2 Å². The van der Waals surface area contributed by atoms with E-state index in [1.807, 2.05) is 17.0 Å². The van der Waals surface area contributed by atoms with Crippen LogP contribution in [-0.4, -0.2) is 76.6 Å². The number of aromatic nitrogens is 2. The van der Waals surface area contributed by atoms with Crippen molar-refractivity contribution in [2.45, 2.75) is 31.9 Å². The first-order valence-electron chi connectivity index (χ1n) is 13.9. The number of benzene rings is 2. The number of likely N-dealkylation sites (N-methyl/N-ethyl adjacent to an activating group) is 1. The van der Waals surface area contributed by atoms with Gasteiger partial charge in [0, 0.05) is 57.0 Å². The van der Waals surface area contributed by atoms with Crippen LogP contribution in [0.2, 0.25) is 0 Å². The maximum absolute atomic E-state index is 13.3. The molecule has 3 aromatic rings. The van der Waals surface area contributed by atoms with E-state index in [2.05, 4.69) is 22.0 Å². The Bertz CT molecular complexity index is 1400. The number of hydrogen-bond acceptors (Lipinski definition) is 8. The first-order valence-corrected chi connectivity index (χ1v) is 13.9. The molecule has 0 radical (unpaired) electrons. The van der Waals surface area contributed by atoms with Crippen LogP contribution < -0.4 is 9.64 Å². The number of halogens is 3. The molecule has 42 heavy (non-hydrogen) atoms. The number of piperazine rings is 1. The van der Waals surface area contributed by atoms with Crippen LogP contribution in [0.15, 0.2) is 54.6 Å². The molecule has 1 amide bonds. The lowest BCUT2D eigenvalue weighted by molar-refractivity contribution is -0.384. The largest absolute Gasteiger partial charge is 0.438 e. The van der Waals surface area contributed by atoms with Crippen molar-refractivity contribution in [3.63, 3.8) is 0 Å². The number of nitro groups is 1. The summed E-state index contributed by atoms with van der Waals surface area (Å²) >= 11 is 0. The van der Waals surface area contributed by atoms with E-state index in [1.54, 1.807) is 29.2 Å². The number of nitro benzene ring substituents is 1. The summed E-state index contributed by atoms with van der Waals surface area (Å²) in [5.41, 5.74) is 0.764. The maximum Gasteiger partial charge on any atom is 0.435 e. The third-order valence-corrected chi connectivity index (χ3v) is 7.87. The number of rotatable bonds is 7. The highest BCUT2D eigenvalue weighted by Crippen LogP contribution is 2.34. The van der Waals surface area contributed by atoms with Gasteiger partial charge in [0.2, 0.25) is 5.88 Å². The number of carbonyl (C=O) groups excluding carboxylic acids is 1. The van der Waals surface area contributed by atoms with Crippen LogP contribution in [0, 0.1) is 10.1 Å². The van der Waals surface area contributed by atoms with Gasteiger partial charge in [0.05, 0.1) is 4.92 Å². The van der Waals surface area contributed by atoms with Crippen LogP contribution >= 0.6 is 0 Å². The Morgan fingerprint density at radius 2 is 1.67 bits per heavy atom. The van der Waals surface area contributed by atoms with Crippen molar-refractivity contribution in [2.75, 3.05) is 50.7 Å². The highest BCUT2D eigenvalue weighted by molar-refractivity contribution is 5.96. The SMILES string of the molecule is CCN1CCN(c2ccc(C(=O)N3CCC(c4ccc(Oc5ccc(C(F)(F)F)nn5)cc4)CC3)cc2[N+](=O)[O-])CC1. The first kappa shape index (κ1) is 29.2. The summed E-state index contributed by atoms with van der Waals surface area (Å²) in [5.74, 6) is 0.348. The van der Waals surface area contributed by atoms with Crippen molar-refractivity contribution in [3.8, 4) is 11.6 Å². The lowest BCUT2D eigenvalue weighted by Gasteiger charge is -2.35. The molecule has 3 heterocycles. The molecule has 2 aliphatic rings. The Balaban J connectivity index is 1.17. The minimum atomic E-state index is -4.57. The van der Waals surface area contributed by atoms with Gasteiger partial charge in [-0.3, -0.25) is 14.9 Å². The number of carbonyl (C=O) groups is 1. The number of nitrogens with zero attached hydrogens (tertiary/aromatic N) is 6. The van der Waals surface area contributed by atoms with Crippen LogP contribution in [0.3, 0.4) is 0 Å². The molecule has 0 saturated carbocycles. The Morgan fingerprint density at radius 3 is 2.24 bits per heavy atom. The zero-order valence-electron chi connectivity index (χ0n) is 23.1. The Hall–Kier alpha value is -4.26. The van der Waals surface area contributed by atoms with E-state index in [9.17, 15) is 28.1 Å². The van der Waals surface area contributed by atoms with E-state index >= 15 is 0 Å². The first-order chi connectivity index (χ1) is 20.1. The van der Waals surface area contributed by atoms with Gasteiger partial charge in [-0.15, -0.1) is 10.2 Å². The second-order valence-electron chi connectivity index (χ2n) is 10.4. The van der Waals surface area contributed by atoms with E-state index < -0.39 is 16.8 Å². The van der Waals surface area contributed by atoms with Gasteiger partial charge < -0.3 is 19.4 Å². The number of alkyl halides is 3. The summed E-state index contributed by atoms with van der Waals surface area (Å²) in [6.07, 6.45) is -3.13. The van der Waals surface area contributed by atoms with Crippen molar-refractivity contribution >= 4 is 17.3 Å². The summed E-state index contributed by atoms with van der Waals surface area (Å²) in [4.78, 5) is 30.8. The molecule has 0 bridgehead atoms. The van der Waals surface area contributed by atoms with Gasteiger partial charge in [0.1, 0.15) is 11.4 Å². The normalized spacial score (nSPS) is 16.9. The lowest BCUT2D eigenvalue weighted by atomic mass is 9.89. The average molecular weight is 585 g/mol. The highest BCUT2D eigenvalue weighted by Gasteiger charge is 2.33. The van der Waals surface area contributed by atoms with Gasteiger partial charge in [-0.05, 0) is 61.2 Å². The van der Waals surface area contributed by atoms with Gasteiger partial charge in [-0.1, -0.05) is 19.1 Å². The zero-order valence-corrected chi connectivity index (χ0v) is 23.1. The van der Waals surface area contributed by atoms with Crippen LogP contribution in [0.25, 0.3) is 0 Å². The predicted molar refractivity (Wildman–Crippen MR) is 149 cm³/mol. The van der Waals surface area contributed by atoms with Gasteiger partial charge in [0.25, 0.3) is 11.6 Å². The van der Waals surface area contributed by atoms with Crippen LogP contribution in [0.1, 0.15) is 47.3 Å². The van der Waals surface area contributed by atoms with Crippen molar-refractivity contribution in [1.82, 2.24) is 20.0 Å². The molecule has 222 valence electrons. The second kappa shape index (κ2) is 12.3. The Kier molecular flexibility index (Phi) is 8.57. The molecular weight excluding hydrogens is 553 g/mol. The minimum Gasteiger partial charge on any atom is -0.438 e. The minimum absolute atomic E-state index is 0.0464. The second-order valence-corrected chi connectivity index (χ2v) is 10.4. The zero-order chi connectivity index (χ0) is 29.9. The quantitative estimate of drug-likeness (QED) is 0.270. The summed E-state index contributed by atoms with van der Waals surface area (Å²) in [6, 6.07) is 13.9. The van der Waals surface area contributed by atoms with Crippen molar-refractivity contribution in [2.24, 2.45) is 0 Å². The van der Waals surface area contributed by atoms with Crippen molar-refractivity contribution < 1.29 is 27.6 Å². The Labute approximate surface area is 240 Å². The van der Waals surface area contributed by atoms with Crippen molar-refractivity contribution in [1.29, 1.82) is 0 Å². The molecule has 0 N–H and O–H groups in total. The molecule has 13 heteroatoms. The predicted octanol–water partition coefficient (Wildman–Crippen LogP) is 5.36. The van der Waals surface area contributed by atoms with E-state index in [0.29, 0.717) is 43.2 Å². The average Bonchev–Trinajstić information content (AvgIpc) is 3.01. The van der Waals surface area contributed by atoms with E-state index in [-0.39, 0.29) is 23.4 Å². The summed E-state index contributed by atoms with van der Waals surface area (Å²) in [5, 5.41) is 18.5. The monoisotopic (exact) mass is 584 g/mol. The van der Waals surface area contributed by atoms with Gasteiger partial charge in [0.15, 0.2) is 5.69 Å². The standard InChI is InChI=1S/C29H31F3N6O4/c1-2-35-15-17-36(18-16-35)24-8-5-22(19-25(24)38(40)41)28(39)37-13-11-21(12-14-37)20-3-6-23(7-4-20)42-27-10-9-26(33-34-27)29(30,31)32/h3-10,19,21H,2,11-18H2,1H3. The maximum atomic E-state index is 13.3. The topological polar surface area (TPSA) is 105 Å². The third kappa shape index (κ3) is 6.62. The molecule has 2 fully saturated rings. The summed E-state index contributed by atoms with van der Waals surface area (Å²) < 4.78 is 43.5. The van der Waals surface area contributed by atoms with Gasteiger partial charge in [-0.25, -0.2) is 0 Å². The molecule has 0 unspecified atom stereocenters. The number of likely N-dealkylation sites (tertiary alicyclic amines) is 1. The number of piperidine rings is 1.